The molecule has 126 valence electrons. The van der Waals surface area contributed by atoms with Gasteiger partial charge >= 0.3 is 0 Å². The molecule has 3 aliphatic rings. The van der Waals surface area contributed by atoms with E-state index in [2.05, 4.69) is 17.0 Å². The van der Waals surface area contributed by atoms with Crippen molar-refractivity contribution in [3.63, 3.8) is 0 Å². The summed E-state index contributed by atoms with van der Waals surface area (Å²) in [6, 6.07) is 12.4. The highest BCUT2D eigenvalue weighted by Gasteiger charge is 2.69. The fraction of sp³-hybridized carbons (Fsp3) is 0.450. The van der Waals surface area contributed by atoms with Gasteiger partial charge in [0.05, 0.1) is 36.3 Å². The van der Waals surface area contributed by atoms with Crippen molar-refractivity contribution in [2.45, 2.75) is 24.3 Å². The Balaban J connectivity index is 1.89. The van der Waals surface area contributed by atoms with Gasteiger partial charge < -0.3 is 4.74 Å². The number of hydrogen-bond donors (Lipinski definition) is 0. The van der Waals surface area contributed by atoms with Gasteiger partial charge in [-0.25, -0.2) is 0 Å². The quantitative estimate of drug-likeness (QED) is 0.828. The van der Waals surface area contributed by atoms with Gasteiger partial charge in [0.2, 0.25) is 0 Å². The van der Waals surface area contributed by atoms with Gasteiger partial charge in [0.25, 0.3) is 0 Å². The lowest BCUT2D eigenvalue weighted by Crippen LogP contribution is -2.74. The number of nitrogens with zero attached hydrogens (tertiary/aromatic N) is 3. The van der Waals surface area contributed by atoms with Gasteiger partial charge in [-0.2, -0.15) is 10.5 Å². The molecule has 0 unspecified atom stereocenters. The first-order chi connectivity index (χ1) is 12.1. The molecule has 5 heteroatoms. The average Bonchev–Trinajstić information content (AvgIpc) is 2.63. The first-order valence-electron chi connectivity index (χ1n) is 8.57. The lowest BCUT2D eigenvalue weighted by atomic mass is 9.43. The summed E-state index contributed by atoms with van der Waals surface area (Å²) < 4.78 is 5.43. The molecule has 1 saturated carbocycles. The Labute approximate surface area is 147 Å². The SMILES string of the molecule is CC(=O)[C@@]12C[C@@](C#N)(N3CCOCC3)[C@@H]1C=C(C#N)c1ccccc12. The van der Waals surface area contributed by atoms with Gasteiger partial charge in [0.1, 0.15) is 11.3 Å². The highest BCUT2D eigenvalue weighted by Crippen LogP contribution is 2.62. The zero-order chi connectivity index (χ0) is 17.7. The van der Waals surface area contributed by atoms with E-state index in [-0.39, 0.29) is 11.7 Å². The Bertz CT molecular complexity index is 856. The molecule has 5 nitrogen and oxygen atoms in total. The maximum absolute atomic E-state index is 12.8. The van der Waals surface area contributed by atoms with Crippen molar-refractivity contribution >= 4 is 11.4 Å². The molecule has 1 saturated heterocycles. The van der Waals surface area contributed by atoms with E-state index >= 15 is 0 Å². The molecule has 0 N–H and O–H groups in total. The van der Waals surface area contributed by atoms with E-state index in [1.54, 1.807) is 6.92 Å². The summed E-state index contributed by atoms with van der Waals surface area (Å²) >= 11 is 0. The molecular weight excluding hydrogens is 314 g/mol. The number of nitriles is 2. The zero-order valence-electron chi connectivity index (χ0n) is 14.2. The Morgan fingerprint density at radius 2 is 2.00 bits per heavy atom. The zero-order valence-corrected chi connectivity index (χ0v) is 14.2. The van der Waals surface area contributed by atoms with E-state index in [4.69, 9.17) is 4.74 Å². The van der Waals surface area contributed by atoms with Crippen LogP contribution in [0, 0.1) is 28.6 Å². The third kappa shape index (κ3) is 1.91. The minimum atomic E-state index is -0.745. The summed E-state index contributed by atoms with van der Waals surface area (Å²) in [6.07, 6.45) is 2.34. The van der Waals surface area contributed by atoms with Crippen LogP contribution in [0.3, 0.4) is 0 Å². The smallest absolute Gasteiger partial charge is 0.141 e. The van der Waals surface area contributed by atoms with Crippen LogP contribution in [0.4, 0.5) is 0 Å². The van der Waals surface area contributed by atoms with Crippen molar-refractivity contribution in [3.05, 3.63) is 41.5 Å². The maximum atomic E-state index is 12.8. The molecule has 1 aromatic rings. The van der Waals surface area contributed by atoms with Crippen molar-refractivity contribution < 1.29 is 9.53 Å². The molecule has 1 aliphatic heterocycles. The highest BCUT2D eigenvalue weighted by molar-refractivity contribution is 5.97. The largest absolute Gasteiger partial charge is 0.379 e. The number of fused-ring (bicyclic) bond motifs is 3. The number of carbonyl (C=O) groups is 1. The molecule has 2 aliphatic carbocycles. The molecular formula is C20H19N3O2. The second-order valence-corrected chi connectivity index (χ2v) is 7.06. The molecule has 4 rings (SSSR count). The summed E-state index contributed by atoms with van der Waals surface area (Å²) in [6.45, 7) is 4.14. The predicted molar refractivity (Wildman–Crippen MR) is 91.2 cm³/mol. The van der Waals surface area contributed by atoms with Crippen LogP contribution in [0.2, 0.25) is 0 Å². The van der Waals surface area contributed by atoms with Crippen molar-refractivity contribution in [1.29, 1.82) is 10.5 Å². The summed E-state index contributed by atoms with van der Waals surface area (Å²) in [5.74, 6) is -0.234. The van der Waals surface area contributed by atoms with Crippen LogP contribution < -0.4 is 0 Å². The number of benzene rings is 1. The van der Waals surface area contributed by atoms with Gasteiger partial charge in [0.15, 0.2) is 0 Å². The van der Waals surface area contributed by atoms with Gasteiger partial charge in [-0.05, 0) is 24.5 Å². The number of ketones is 1. The Kier molecular flexibility index (Phi) is 3.54. The lowest BCUT2D eigenvalue weighted by molar-refractivity contribution is -0.142. The second kappa shape index (κ2) is 5.52. The van der Waals surface area contributed by atoms with Crippen LogP contribution in [0.15, 0.2) is 30.3 Å². The third-order valence-electron chi connectivity index (χ3n) is 6.14. The van der Waals surface area contributed by atoms with Gasteiger partial charge in [-0.15, -0.1) is 0 Å². The molecule has 2 fully saturated rings. The van der Waals surface area contributed by atoms with Crippen LogP contribution in [-0.4, -0.2) is 42.5 Å². The van der Waals surface area contributed by atoms with Crippen molar-refractivity contribution in [2.24, 2.45) is 5.92 Å². The monoisotopic (exact) mass is 333 g/mol. The number of Topliss-reactive ketones (excluding diaryl/α,β-unsaturated/α-hetero) is 1. The van der Waals surface area contributed by atoms with E-state index in [0.29, 0.717) is 38.3 Å². The molecule has 0 amide bonds. The Morgan fingerprint density at radius 1 is 1.28 bits per heavy atom. The van der Waals surface area contributed by atoms with Crippen LogP contribution in [0.5, 0.6) is 0 Å². The number of hydrogen-bond acceptors (Lipinski definition) is 5. The molecule has 3 atom stereocenters. The Morgan fingerprint density at radius 3 is 2.64 bits per heavy atom. The minimum Gasteiger partial charge on any atom is -0.379 e. The fourth-order valence-corrected chi connectivity index (χ4v) is 4.91. The third-order valence-corrected chi connectivity index (χ3v) is 6.14. The summed E-state index contributed by atoms with van der Waals surface area (Å²) in [5, 5.41) is 19.7. The summed E-state index contributed by atoms with van der Waals surface area (Å²) in [4.78, 5) is 14.9. The molecule has 0 bridgehead atoms. The molecule has 1 heterocycles. The maximum Gasteiger partial charge on any atom is 0.141 e. The van der Waals surface area contributed by atoms with Crippen LogP contribution >= 0.6 is 0 Å². The van der Waals surface area contributed by atoms with E-state index in [1.807, 2.05) is 30.3 Å². The van der Waals surface area contributed by atoms with Crippen LogP contribution in [0.25, 0.3) is 5.57 Å². The normalized spacial score (nSPS) is 33.7. The summed E-state index contributed by atoms with van der Waals surface area (Å²) in [5.41, 5.74) is 0.830. The topological polar surface area (TPSA) is 77.1 Å². The number of morpholine rings is 1. The first kappa shape index (κ1) is 16.0. The average molecular weight is 333 g/mol. The van der Waals surface area contributed by atoms with E-state index in [9.17, 15) is 15.3 Å². The Hall–Kier alpha value is -2.47. The number of ether oxygens (including phenoxy) is 1. The number of rotatable bonds is 2. The lowest BCUT2D eigenvalue weighted by Gasteiger charge is -2.63. The number of carbonyl (C=O) groups excluding carboxylic acids is 1. The van der Waals surface area contributed by atoms with E-state index in [0.717, 1.165) is 11.1 Å². The molecule has 0 spiro atoms. The standard InChI is InChI=1S/C20H19N3O2/c1-14(24)20-12-19(13-22,23-6-8-25-9-7-23)18(20)10-15(11-21)16-4-2-3-5-17(16)20/h2-5,10,18H,6-9,12H2,1H3/t18-,19-,20+/m0/s1. The minimum absolute atomic E-state index is 0.0670. The fourth-order valence-electron chi connectivity index (χ4n) is 4.91. The van der Waals surface area contributed by atoms with Crippen LogP contribution in [0.1, 0.15) is 24.5 Å². The van der Waals surface area contributed by atoms with Crippen molar-refractivity contribution in [1.82, 2.24) is 4.90 Å². The van der Waals surface area contributed by atoms with Crippen molar-refractivity contribution in [3.8, 4) is 12.1 Å². The predicted octanol–water partition coefficient (Wildman–Crippen LogP) is 2.05. The first-order valence-corrected chi connectivity index (χ1v) is 8.57. The van der Waals surface area contributed by atoms with Gasteiger partial charge in [0, 0.05) is 19.0 Å². The molecule has 1 aromatic carbocycles. The summed E-state index contributed by atoms with van der Waals surface area (Å²) in [7, 11) is 0. The number of allylic oxidation sites excluding steroid dienone is 1. The molecule has 0 radical (unpaired) electrons. The van der Waals surface area contributed by atoms with Gasteiger partial charge in [-0.1, -0.05) is 30.3 Å². The molecule has 0 aromatic heterocycles. The molecule has 25 heavy (non-hydrogen) atoms. The van der Waals surface area contributed by atoms with Crippen LogP contribution in [-0.2, 0) is 14.9 Å². The highest BCUT2D eigenvalue weighted by atomic mass is 16.5. The second-order valence-electron chi connectivity index (χ2n) is 7.06. The van der Waals surface area contributed by atoms with E-state index in [1.165, 1.54) is 0 Å². The van der Waals surface area contributed by atoms with E-state index < -0.39 is 11.0 Å². The van der Waals surface area contributed by atoms with Gasteiger partial charge in [-0.3, -0.25) is 9.69 Å². The van der Waals surface area contributed by atoms with Crippen molar-refractivity contribution in [2.75, 3.05) is 26.3 Å².